The monoisotopic (exact) mass is 275 g/mol. The summed E-state index contributed by atoms with van der Waals surface area (Å²) >= 11 is 0. The normalized spacial score (nSPS) is 18.9. The second kappa shape index (κ2) is 4.47. The highest BCUT2D eigenvalue weighted by Crippen LogP contribution is 2.45. The summed E-state index contributed by atoms with van der Waals surface area (Å²) < 4.78 is 0. The number of rotatable bonds is 4. The lowest BCUT2D eigenvalue weighted by molar-refractivity contribution is -0.383. The van der Waals surface area contributed by atoms with Crippen molar-refractivity contribution in [2.75, 3.05) is 17.2 Å². The predicted molar refractivity (Wildman–Crippen MR) is 75.9 cm³/mol. The number of nitrogens with zero attached hydrogens (tertiary/aromatic N) is 1. The molecule has 20 heavy (non-hydrogen) atoms. The molecule has 2 aliphatic rings. The van der Waals surface area contributed by atoms with E-state index < -0.39 is 4.92 Å². The first-order valence-electron chi connectivity index (χ1n) is 6.82. The summed E-state index contributed by atoms with van der Waals surface area (Å²) in [6.07, 6.45) is 3.39. The van der Waals surface area contributed by atoms with E-state index in [9.17, 15) is 14.9 Å². The molecule has 0 bridgehead atoms. The fraction of sp³-hybridized carbons (Fsp3) is 0.500. The van der Waals surface area contributed by atoms with Crippen LogP contribution in [0.15, 0.2) is 12.1 Å². The second-order valence-electron chi connectivity index (χ2n) is 6.00. The largest absolute Gasteiger partial charge is 0.379 e. The van der Waals surface area contributed by atoms with Gasteiger partial charge < -0.3 is 10.6 Å². The van der Waals surface area contributed by atoms with E-state index >= 15 is 0 Å². The molecule has 0 radical (unpaired) electrons. The molecule has 1 aromatic carbocycles. The molecule has 1 heterocycles. The number of nitro groups is 1. The van der Waals surface area contributed by atoms with Crippen molar-refractivity contribution in [1.82, 2.24) is 0 Å². The third-order valence-corrected chi connectivity index (χ3v) is 4.12. The standard InChI is InChI=1S/C14H17N3O3/c1-14(4-5-14)8-15-11-6-9-2-3-13(18)16-10(9)7-12(11)17(19)20/h6-7,15H,2-5,8H2,1H3,(H,16,18). The highest BCUT2D eigenvalue weighted by molar-refractivity contribution is 5.95. The van der Waals surface area contributed by atoms with Gasteiger partial charge >= 0.3 is 0 Å². The van der Waals surface area contributed by atoms with E-state index in [0.717, 1.165) is 24.9 Å². The van der Waals surface area contributed by atoms with Crippen LogP contribution in [0, 0.1) is 15.5 Å². The van der Waals surface area contributed by atoms with Crippen LogP contribution in [0.2, 0.25) is 0 Å². The van der Waals surface area contributed by atoms with Crippen LogP contribution in [0.25, 0.3) is 0 Å². The Morgan fingerprint density at radius 2 is 2.15 bits per heavy atom. The Hall–Kier alpha value is -2.11. The van der Waals surface area contributed by atoms with Crippen LogP contribution in [0.3, 0.4) is 0 Å². The number of hydrogen-bond acceptors (Lipinski definition) is 4. The molecular formula is C14H17N3O3. The van der Waals surface area contributed by atoms with Crippen LogP contribution < -0.4 is 10.6 Å². The van der Waals surface area contributed by atoms with Crippen LogP contribution in [0.4, 0.5) is 17.1 Å². The number of amides is 1. The third-order valence-electron chi connectivity index (χ3n) is 4.12. The van der Waals surface area contributed by atoms with Gasteiger partial charge in [-0.15, -0.1) is 0 Å². The highest BCUT2D eigenvalue weighted by Gasteiger charge is 2.37. The Bertz CT molecular complexity index is 594. The van der Waals surface area contributed by atoms with Gasteiger partial charge in [0.05, 0.1) is 10.6 Å². The van der Waals surface area contributed by atoms with Gasteiger partial charge in [-0.1, -0.05) is 6.92 Å². The molecule has 3 rings (SSSR count). The zero-order valence-corrected chi connectivity index (χ0v) is 11.4. The van der Waals surface area contributed by atoms with E-state index in [-0.39, 0.29) is 17.0 Å². The zero-order chi connectivity index (χ0) is 14.3. The number of carbonyl (C=O) groups excluding carboxylic acids is 1. The average Bonchev–Trinajstić information content (AvgIpc) is 3.13. The average molecular weight is 275 g/mol. The van der Waals surface area contributed by atoms with E-state index in [1.165, 1.54) is 6.07 Å². The lowest BCUT2D eigenvalue weighted by atomic mass is 10.0. The number of carbonyl (C=O) groups is 1. The van der Waals surface area contributed by atoms with Gasteiger partial charge in [0.25, 0.3) is 5.69 Å². The number of benzene rings is 1. The molecule has 1 aliphatic carbocycles. The van der Waals surface area contributed by atoms with Gasteiger partial charge in [0.15, 0.2) is 0 Å². The molecule has 1 amide bonds. The van der Waals surface area contributed by atoms with Crippen molar-refractivity contribution in [3.05, 3.63) is 27.8 Å². The Morgan fingerprint density at radius 1 is 1.40 bits per heavy atom. The maximum absolute atomic E-state index is 11.4. The summed E-state index contributed by atoms with van der Waals surface area (Å²) in [5.41, 5.74) is 2.38. The van der Waals surface area contributed by atoms with Gasteiger partial charge in [-0.3, -0.25) is 14.9 Å². The molecular weight excluding hydrogens is 258 g/mol. The van der Waals surface area contributed by atoms with Gasteiger partial charge in [0, 0.05) is 19.0 Å². The minimum atomic E-state index is -0.404. The lowest BCUT2D eigenvalue weighted by Gasteiger charge is -2.19. The number of nitrogens with one attached hydrogen (secondary N) is 2. The van der Waals surface area contributed by atoms with Gasteiger partial charge in [-0.05, 0) is 36.3 Å². The fourth-order valence-electron chi connectivity index (χ4n) is 2.41. The molecule has 0 atom stereocenters. The predicted octanol–water partition coefficient (Wildman–Crippen LogP) is 2.69. The number of nitro benzene ring substituents is 1. The first-order chi connectivity index (χ1) is 9.47. The second-order valence-corrected chi connectivity index (χ2v) is 6.00. The number of aryl methyl sites for hydroxylation is 1. The first-order valence-corrected chi connectivity index (χ1v) is 6.82. The maximum atomic E-state index is 11.4. The van der Waals surface area contributed by atoms with Crippen molar-refractivity contribution in [3.63, 3.8) is 0 Å². The van der Waals surface area contributed by atoms with E-state index in [1.807, 2.05) is 0 Å². The number of fused-ring (bicyclic) bond motifs is 1. The summed E-state index contributed by atoms with van der Waals surface area (Å²) in [4.78, 5) is 22.1. The van der Waals surface area contributed by atoms with Crippen LogP contribution in [0.1, 0.15) is 31.7 Å². The summed E-state index contributed by atoms with van der Waals surface area (Å²) in [7, 11) is 0. The number of hydrogen-bond donors (Lipinski definition) is 2. The lowest BCUT2D eigenvalue weighted by Crippen LogP contribution is -2.20. The van der Waals surface area contributed by atoms with Gasteiger partial charge in [-0.25, -0.2) is 0 Å². The van der Waals surface area contributed by atoms with E-state index in [0.29, 0.717) is 24.2 Å². The molecule has 106 valence electrons. The Labute approximate surface area is 116 Å². The molecule has 0 saturated heterocycles. The molecule has 0 unspecified atom stereocenters. The van der Waals surface area contributed by atoms with Crippen molar-refractivity contribution in [1.29, 1.82) is 0 Å². The maximum Gasteiger partial charge on any atom is 0.294 e. The van der Waals surface area contributed by atoms with E-state index in [4.69, 9.17) is 0 Å². The topological polar surface area (TPSA) is 84.3 Å². The third kappa shape index (κ3) is 2.45. The van der Waals surface area contributed by atoms with E-state index in [1.54, 1.807) is 6.07 Å². The van der Waals surface area contributed by atoms with Crippen LogP contribution in [-0.4, -0.2) is 17.4 Å². The van der Waals surface area contributed by atoms with Gasteiger partial charge in [-0.2, -0.15) is 0 Å². The van der Waals surface area contributed by atoms with Crippen LogP contribution >= 0.6 is 0 Å². The van der Waals surface area contributed by atoms with Gasteiger partial charge in [0.1, 0.15) is 5.69 Å². The highest BCUT2D eigenvalue weighted by atomic mass is 16.6. The van der Waals surface area contributed by atoms with Crippen molar-refractivity contribution in [2.45, 2.75) is 32.6 Å². The molecule has 0 aromatic heterocycles. The Balaban J connectivity index is 1.90. The van der Waals surface area contributed by atoms with Crippen LogP contribution in [-0.2, 0) is 11.2 Å². The minimum absolute atomic E-state index is 0.0233. The summed E-state index contributed by atoms with van der Waals surface area (Å²) in [5, 5.41) is 17.1. The minimum Gasteiger partial charge on any atom is -0.379 e. The summed E-state index contributed by atoms with van der Waals surface area (Å²) in [5.74, 6) is -0.0852. The molecule has 1 fully saturated rings. The Kier molecular flexibility index (Phi) is 2.88. The molecule has 1 saturated carbocycles. The molecule has 1 aliphatic heterocycles. The molecule has 6 heteroatoms. The molecule has 6 nitrogen and oxygen atoms in total. The van der Waals surface area contributed by atoms with Gasteiger partial charge in [0.2, 0.25) is 5.91 Å². The summed E-state index contributed by atoms with van der Waals surface area (Å²) in [6, 6.07) is 3.27. The van der Waals surface area contributed by atoms with Crippen LogP contribution in [0.5, 0.6) is 0 Å². The fourth-order valence-corrected chi connectivity index (χ4v) is 2.41. The van der Waals surface area contributed by atoms with Crippen molar-refractivity contribution < 1.29 is 9.72 Å². The molecule has 2 N–H and O–H groups in total. The first kappa shape index (κ1) is 12.9. The SMILES string of the molecule is CC1(CNc2cc3c(cc2[N+](=O)[O-])NC(=O)CC3)CC1. The van der Waals surface area contributed by atoms with Crippen molar-refractivity contribution in [3.8, 4) is 0 Å². The Morgan fingerprint density at radius 3 is 2.80 bits per heavy atom. The quantitative estimate of drug-likeness (QED) is 0.653. The number of anilines is 2. The molecule has 0 spiro atoms. The van der Waals surface area contributed by atoms with Crippen molar-refractivity contribution >= 4 is 23.0 Å². The zero-order valence-electron chi connectivity index (χ0n) is 11.4. The van der Waals surface area contributed by atoms with E-state index in [2.05, 4.69) is 17.6 Å². The molecule has 1 aromatic rings. The summed E-state index contributed by atoms with van der Waals surface area (Å²) in [6.45, 7) is 2.92. The van der Waals surface area contributed by atoms with Crippen molar-refractivity contribution in [2.24, 2.45) is 5.41 Å². The smallest absolute Gasteiger partial charge is 0.294 e.